The Hall–Kier alpha value is -0.760. The lowest BCUT2D eigenvalue weighted by Gasteiger charge is -2.10. The monoisotopic (exact) mass is 208 g/mol. The fourth-order valence-electron chi connectivity index (χ4n) is 1.55. The number of carbonyl (C=O) groups excluding carboxylic acids is 1. The molecule has 1 aromatic rings. The van der Waals surface area contributed by atoms with Crippen LogP contribution in [0.25, 0.3) is 0 Å². The quantitative estimate of drug-likeness (QED) is 0.747. The highest BCUT2D eigenvalue weighted by molar-refractivity contribution is 7.97. The van der Waals surface area contributed by atoms with E-state index < -0.39 is 0 Å². The molecule has 0 aliphatic rings. The van der Waals surface area contributed by atoms with E-state index in [9.17, 15) is 4.79 Å². The predicted octanol–water partition coefficient (Wildman–Crippen LogP) is 3.66. The summed E-state index contributed by atoms with van der Waals surface area (Å²) in [6.07, 6.45) is 2.38. The first-order valence-corrected chi connectivity index (χ1v) is 5.43. The minimum absolute atomic E-state index is 0.167. The van der Waals surface area contributed by atoms with Gasteiger partial charge < -0.3 is 0 Å². The molecule has 76 valence electrons. The van der Waals surface area contributed by atoms with Gasteiger partial charge in [-0.15, -0.1) is 12.6 Å². The van der Waals surface area contributed by atoms with E-state index >= 15 is 0 Å². The average molecular weight is 208 g/mol. The van der Waals surface area contributed by atoms with Crippen LogP contribution in [0, 0.1) is 0 Å². The summed E-state index contributed by atoms with van der Waals surface area (Å²) in [6, 6.07) is 7.72. The minimum Gasteiger partial charge on any atom is -0.282 e. The first-order chi connectivity index (χ1) is 6.65. The zero-order valence-corrected chi connectivity index (χ0v) is 9.55. The van der Waals surface area contributed by atoms with E-state index in [2.05, 4.69) is 26.5 Å². The second kappa shape index (κ2) is 5.20. The molecule has 0 heterocycles. The standard InChI is InChI=1S/C12H16OS/c1-3-4-9(2)10-5-7-11(8-6-10)12(13)14/h5-9H,3-4H2,1-2H3,(H,13,14). The van der Waals surface area contributed by atoms with Crippen molar-refractivity contribution < 1.29 is 4.79 Å². The van der Waals surface area contributed by atoms with Gasteiger partial charge in [0.15, 0.2) is 0 Å². The van der Waals surface area contributed by atoms with Crippen LogP contribution < -0.4 is 0 Å². The highest BCUT2D eigenvalue weighted by Gasteiger charge is 2.05. The van der Waals surface area contributed by atoms with Crippen molar-refractivity contribution in [3.05, 3.63) is 35.4 Å². The zero-order valence-electron chi connectivity index (χ0n) is 8.66. The molecular formula is C12H16OS. The Bertz CT molecular complexity index is 303. The Morgan fingerprint density at radius 1 is 1.36 bits per heavy atom. The number of hydrogen-bond donors (Lipinski definition) is 1. The Morgan fingerprint density at radius 2 is 1.93 bits per heavy atom. The highest BCUT2D eigenvalue weighted by atomic mass is 32.1. The first kappa shape index (κ1) is 11.3. The summed E-state index contributed by atoms with van der Waals surface area (Å²) in [4.78, 5) is 10.9. The lowest BCUT2D eigenvalue weighted by atomic mass is 9.96. The van der Waals surface area contributed by atoms with Crippen molar-refractivity contribution in [3.8, 4) is 0 Å². The van der Waals surface area contributed by atoms with E-state index in [0.717, 1.165) is 0 Å². The SMILES string of the molecule is CCCC(C)c1ccc(C(=O)S)cc1. The summed E-state index contributed by atoms with van der Waals surface area (Å²) >= 11 is 3.78. The van der Waals surface area contributed by atoms with Crippen LogP contribution >= 0.6 is 12.6 Å². The largest absolute Gasteiger partial charge is 0.282 e. The summed E-state index contributed by atoms with van der Waals surface area (Å²) in [5.41, 5.74) is 1.96. The van der Waals surface area contributed by atoms with Crippen LogP contribution in [0.4, 0.5) is 0 Å². The van der Waals surface area contributed by atoms with Crippen LogP contribution in [0.3, 0.4) is 0 Å². The Kier molecular flexibility index (Phi) is 4.21. The van der Waals surface area contributed by atoms with Gasteiger partial charge in [0, 0.05) is 5.56 Å². The van der Waals surface area contributed by atoms with Crippen molar-refractivity contribution in [1.82, 2.24) is 0 Å². The number of benzene rings is 1. The minimum atomic E-state index is -0.167. The molecule has 0 saturated heterocycles. The molecule has 0 aliphatic heterocycles. The van der Waals surface area contributed by atoms with Gasteiger partial charge in [0.1, 0.15) is 0 Å². The Balaban J connectivity index is 2.77. The van der Waals surface area contributed by atoms with Gasteiger partial charge in [0.05, 0.1) is 0 Å². The van der Waals surface area contributed by atoms with Crippen molar-refractivity contribution in [1.29, 1.82) is 0 Å². The summed E-state index contributed by atoms with van der Waals surface area (Å²) in [6.45, 7) is 4.39. The molecule has 2 heteroatoms. The summed E-state index contributed by atoms with van der Waals surface area (Å²) in [5.74, 6) is 0.573. The number of carbonyl (C=O) groups is 1. The lowest BCUT2D eigenvalue weighted by molar-refractivity contribution is 0.109. The molecule has 0 amide bonds. The fraction of sp³-hybridized carbons (Fsp3) is 0.417. The van der Waals surface area contributed by atoms with Crippen molar-refractivity contribution >= 4 is 17.7 Å². The van der Waals surface area contributed by atoms with Crippen molar-refractivity contribution in [3.63, 3.8) is 0 Å². The molecule has 1 unspecified atom stereocenters. The van der Waals surface area contributed by atoms with Gasteiger partial charge in [-0.3, -0.25) is 4.79 Å². The number of rotatable bonds is 4. The normalized spacial score (nSPS) is 12.5. The van der Waals surface area contributed by atoms with Crippen LogP contribution in [0.5, 0.6) is 0 Å². The molecule has 0 aromatic heterocycles. The van der Waals surface area contributed by atoms with Crippen molar-refractivity contribution in [2.24, 2.45) is 0 Å². The van der Waals surface area contributed by atoms with E-state index in [0.29, 0.717) is 11.5 Å². The van der Waals surface area contributed by atoms with Crippen LogP contribution in [0.1, 0.15) is 48.5 Å². The summed E-state index contributed by atoms with van der Waals surface area (Å²) in [5, 5.41) is -0.167. The molecule has 14 heavy (non-hydrogen) atoms. The van der Waals surface area contributed by atoms with E-state index in [-0.39, 0.29) is 5.12 Å². The van der Waals surface area contributed by atoms with Gasteiger partial charge in [-0.1, -0.05) is 44.5 Å². The van der Waals surface area contributed by atoms with Gasteiger partial charge in [-0.2, -0.15) is 0 Å². The van der Waals surface area contributed by atoms with Gasteiger partial charge in [-0.25, -0.2) is 0 Å². The smallest absolute Gasteiger partial charge is 0.216 e. The first-order valence-electron chi connectivity index (χ1n) is 4.98. The number of hydrogen-bond acceptors (Lipinski definition) is 1. The Morgan fingerprint density at radius 3 is 2.36 bits per heavy atom. The van der Waals surface area contributed by atoms with Gasteiger partial charge >= 0.3 is 0 Å². The highest BCUT2D eigenvalue weighted by Crippen LogP contribution is 2.20. The van der Waals surface area contributed by atoms with Crippen molar-refractivity contribution in [2.75, 3.05) is 0 Å². The second-order valence-electron chi connectivity index (χ2n) is 3.62. The van der Waals surface area contributed by atoms with Crippen LogP contribution in [-0.4, -0.2) is 5.12 Å². The molecule has 0 bridgehead atoms. The van der Waals surface area contributed by atoms with E-state index in [4.69, 9.17) is 0 Å². The molecule has 1 atom stereocenters. The molecule has 0 saturated carbocycles. The molecule has 1 rings (SSSR count). The second-order valence-corrected chi connectivity index (χ2v) is 4.02. The van der Waals surface area contributed by atoms with E-state index in [1.165, 1.54) is 18.4 Å². The third-order valence-electron chi connectivity index (χ3n) is 2.45. The van der Waals surface area contributed by atoms with Crippen LogP contribution in [0.15, 0.2) is 24.3 Å². The molecule has 0 N–H and O–H groups in total. The molecule has 0 radical (unpaired) electrons. The third-order valence-corrected chi connectivity index (χ3v) is 2.71. The van der Waals surface area contributed by atoms with Crippen LogP contribution in [-0.2, 0) is 0 Å². The number of thiol groups is 1. The average Bonchev–Trinajstić information content (AvgIpc) is 2.18. The summed E-state index contributed by atoms with van der Waals surface area (Å²) in [7, 11) is 0. The maximum Gasteiger partial charge on any atom is 0.216 e. The molecule has 0 fully saturated rings. The third kappa shape index (κ3) is 2.88. The Labute approximate surface area is 90.9 Å². The lowest BCUT2D eigenvalue weighted by Crippen LogP contribution is -1.94. The van der Waals surface area contributed by atoms with Crippen molar-refractivity contribution in [2.45, 2.75) is 32.6 Å². The maximum absolute atomic E-state index is 10.9. The molecule has 0 spiro atoms. The van der Waals surface area contributed by atoms with Crippen LogP contribution in [0.2, 0.25) is 0 Å². The van der Waals surface area contributed by atoms with Gasteiger partial charge in [0.2, 0.25) is 5.12 Å². The van der Waals surface area contributed by atoms with E-state index in [1.807, 2.05) is 24.3 Å². The van der Waals surface area contributed by atoms with Gasteiger partial charge in [0.25, 0.3) is 0 Å². The zero-order chi connectivity index (χ0) is 10.6. The maximum atomic E-state index is 10.9. The molecular weight excluding hydrogens is 192 g/mol. The molecule has 0 aliphatic carbocycles. The summed E-state index contributed by atoms with van der Waals surface area (Å²) < 4.78 is 0. The molecule has 1 aromatic carbocycles. The van der Waals surface area contributed by atoms with E-state index in [1.54, 1.807) is 0 Å². The molecule has 1 nitrogen and oxygen atoms in total. The predicted molar refractivity (Wildman–Crippen MR) is 63.1 cm³/mol. The van der Waals surface area contributed by atoms with Gasteiger partial charge in [-0.05, 0) is 17.9 Å². The fourth-order valence-corrected chi connectivity index (χ4v) is 1.70. The topological polar surface area (TPSA) is 17.1 Å².